The monoisotopic (exact) mass is 411 g/mol. The summed E-state index contributed by atoms with van der Waals surface area (Å²) in [7, 11) is 1.87. The Balaban J connectivity index is 0.00000220. The van der Waals surface area contributed by atoms with Gasteiger partial charge in [-0.3, -0.25) is 4.79 Å². The number of hydrogen-bond donors (Lipinski definition) is 2. The molecule has 1 heterocycles. The lowest BCUT2D eigenvalue weighted by Crippen LogP contribution is -2.42. The second-order valence-electron chi connectivity index (χ2n) is 5.38. The van der Waals surface area contributed by atoms with Crippen molar-refractivity contribution < 1.29 is 4.79 Å². The van der Waals surface area contributed by atoms with Crippen LogP contribution in [0.5, 0.6) is 0 Å². The van der Waals surface area contributed by atoms with Crippen molar-refractivity contribution in [2.45, 2.75) is 19.4 Å². The van der Waals surface area contributed by atoms with Crippen LogP contribution in [-0.2, 0) is 4.79 Å². The largest absolute Gasteiger partial charge is 0.369 e. The number of amides is 1. The Morgan fingerprint density at radius 3 is 2.59 bits per heavy atom. The Kier molecular flexibility index (Phi) is 10.1. The number of nitrogens with zero attached hydrogens (tertiary/aromatic N) is 1. The summed E-state index contributed by atoms with van der Waals surface area (Å²) in [4.78, 5) is 14.3. The van der Waals surface area contributed by atoms with Gasteiger partial charge in [0.05, 0.1) is 0 Å². The van der Waals surface area contributed by atoms with Crippen LogP contribution in [0.4, 0.5) is 5.69 Å². The molecule has 0 aliphatic carbocycles. The molecule has 2 N–H and O–H groups in total. The zero-order chi connectivity index (χ0) is 14.5. The zero-order valence-corrected chi connectivity index (χ0v) is 16.1. The predicted octanol–water partition coefficient (Wildman–Crippen LogP) is 2.84. The molecule has 1 aliphatic rings. The van der Waals surface area contributed by atoms with Crippen LogP contribution >= 0.6 is 40.7 Å². The van der Waals surface area contributed by atoms with Crippen molar-refractivity contribution in [1.29, 1.82) is 0 Å². The molecule has 0 saturated carbocycles. The summed E-state index contributed by atoms with van der Waals surface area (Å²) in [5, 5.41) is 6.18. The molecule has 1 aromatic carbocycles. The first kappa shape index (κ1) is 21.5. The van der Waals surface area contributed by atoms with E-state index < -0.39 is 0 Å². The van der Waals surface area contributed by atoms with Crippen LogP contribution in [0.1, 0.15) is 13.3 Å². The highest BCUT2D eigenvalue weighted by Crippen LogP contribution is 2.22. The van der Waals surface area contributed by atoms with E-state index in [-0.39, 0.29) is 42.7 Å². The first-order chi connectivity index (χ1) is 9.60. The van der Waals surface area contributed by atoms with E-state index in [1.807, 2.05) is 14.0 Å². The standard InChI is InChI=1S/C15H22BrN3O.2ClH/c1-11(9-17-2)15(20)18-13-7-8-19(10-13)14-5-3-12(16)4-6-14;;/h3-6,11,13,17H,7-10H2,1-2H3,(H,18,20);2*1H. The quantitative estimate of drug-likeness (QED) is 0.781. The summed E-state index contributed by atoms with van der Waals surface area (Å²) < 4.78 is 1.09. The van der Waals surface area contributed by atoms with E-state index in [4.69, 9.17) is 0 Å². The van der Waals surface area contributed by atoms with Crippen LogP contribution < -0.4 is 15.5 Å². The van der Waals surface area contributed by atoms with Gasteiger partial charge in [0.25, 0.3) is 0 Å². The number of anilines is 1. The summed E-state index contributed by atoms with van der Waals surface area (Å²) in [6.45, 7) is 4.55. The lowest BCUT2D eigenvalue weighted by atomic mass is 10.1. The van der Waals surface area contributed by atoms with E-state index in [0.717, 1.165) is 30.5 Å². The molecule has 4 nitrogen and oxygen atoms in total. The highest BCUT2D eigenvalue weighted by molar-refractivity contribution is 9.10. The maximum absolute atomic E-state index is 12.0. The maximum Gasteiger partial charge on any atom is 0.224 e. The second kappa shape index (κ2) is 10.3. The minimum atomic E-state index is 0. The van der Waals surface area contributed by atoms with Gasteiger partial charge in [-0.25, -0.2) is 0 Å². The minimum absolute atomic E-state index is 0. The van der Waals surface area contributed by atoms with Gasteiger partial charge in [-0.2, -0.15) is 0 Å². The van der Waals surface area contributed by atoms with Crippen LogP contribution in [0.15, 0.2) is 28.7 Å². The maximum atomic E-state index is 12.0. The van der Waals surface area contributed by atoms with Gasteiger partial charge >= 0.3 is 0 Å². The highest BCUT2D eigenvalue weighted by atomic mass is 79.9. The lowest BCUT2D eigenvalue weighted by Gasteiger charge is -2.20. The first-order valence-corrected chi connectivity index (χ1v) is 7.85. The molecule has 0 aromatic heterocycles. The van der Waals surface area contributed by atoms with Gasteiger partial charge in [-0.05, 0) is 37.7 Å². The summed E-state index contributed by atoms with van der Waals surface area (Å²) in [5.74, 6) is 0.156. The molecule has 2 unspecified atom stereocenters. The third-order valence-corrected chi connectivity index (χ3v) is 4.21. The van der Waals surface area contributed by atoms with E-state index in [1.165, 1.54) is 5.69 Å². The third kappa shape index (κ3) is 5.95. The van der Waals surface area contributed by atoms with Crippen molar-refractivity contribution in [3.8, 4) is 0 Å². The van der Waals surface area contributed by atoms with Crippen molar-refractivity contribution in [1.82, 2.24) is 10.6 Å². The number of halogens is 3. The molecule has 22 heavy (non-hydrogen) atoms. The zero-order valence-electron chi connectivity index (χ0n) is 12.8. The first-order valence-electron chi connectivity index (χ1n) is 7.05. The van der Waals surface area contributed by atoms with E-state index in [2.05, 4.69) is 55.7 Å². The normalized spacial score (nSPS) is 18.1. The van der Waals surface area contributed by atoms with Gasteiger partial charge in [-0.15, -0.1) is 24.8 Å². The number of carbonyl (C=O) groups is 1. The Hall–Kier alpha value is -0.490. The second-order valence-corrected chi connectivity index (χ2v) is 6.29. The molecule has 126 valence electrons. The van der Waals surface area contributed by atoms with Crippen molar-refractivity contribution in [2.24, 2.45) is 5.92 Å². The van der Waals surface area contributed by atoms with Gasteiger partial charge in [-0.1, -0.05) is 22.9 Å². The average Bonchev–Trinajstić information content (AvgIpc) is 2.88. The topological polar surface area (TPSA) is 44.4 Å². The van der Waals surface area contributed by atoms with E-state index in [9.17, 15) is 4.79 Å². The Bertz CT molecular complexity index is 459. The third-order valence-electron chi connectivity index (χ3n) is 3.68. The van der Waals surface area contributed by atoms with Gasteiger partial charge in [0.15, 0.2) is 0 Å². The van der Waals surface area contributed by atoms with Gasteiger partial charge < -0.3 is 15.5 Å². The van der Waals surface area contributed by atoms with Crippen molar-refractivity contribution in [2.75, 3.05) is 31.6 Å². The Morgan fingerprint density at radius 1 is 1.36 bits per heavy atom. The van der Waals surface area contributed by atoms with Crippen molar-refractivity contribution in [3.05, 3.63) is 28.7 Å². The minimum Gasteiger partial charge on any atom is -0.369 e. The number of nitrogens with one attached hydrogen (secondary N) is 2. The molecule has 7 heteroatoms. The van der Waals surface area contributed by atoms with Crippen LogP contribution in [0.3, 0.4) is 0 Å². The van der Waals surface area contributed by atoms with Crippen molar-refractivity contribution in [3.63, 3.8) is 0 Å². The molecule has 1 saturated heterocycles. The summed E-state index contributed by atoms with van der Waals surface area (Å²) in [6, 6.07) is 8.58. The molecule has 1 amide bonds. The summed E-state index contributed by atoms with van der Waals surface area (Å²) in [6.07, 6.45) is 1.01. The Morgan fingerprint density at radius 2 is 2.00 bits per heavy atom. The fourth-order valence-corrected chi connectivity index (χ4v) is 2.77. The molecule has 0 spiro atoms. The average molecular weight is 413 g/mol. The predicted molar refractivity (Wildman–Crippen MR) is 100 cm³/mol. The van der Waals surface area contributed by atoms with E-state index >= 15 is 0 Å². The fraction of sp³-hybridized carbons (Fsp3) is 0.533. The summed E-state index contributed by atoms with van der Waals surface area (Å²) in [5.41, 5.74) is 1.22. The molecular weight excluding hydrogens is 389 g/mol. The van der Waals surface area contributed by atoms with E-state index in [0.29, 0.717) is 0 Å². The van der Waals surface area contributed by atoms with Gasteiger partial charge in [0.1, 0.15) is 0 Å². The summed E-state index contributed by atoms with van der Waals surface area (Å²) >= 11 is 3.45. The number of carbonyl (C=O) groups excluding carboxylic acids is 1. The number of hydrogen-bond acceptors (Lipinski definition) is 3. The lowest BCUT2D eigenvalue weighted by molar-refractivity contribution is -0.124. The van der Waals surface area contributed by atoms with Crippen LogP contribution in [0, 0.1) is 5.92 Å². The Labute approximate surface area is 153 Å². The molecule has 0 radical (unpaired) electrons. The van der Waals surface area contributed by atoms with E-state index in [1.54, 1.807) is 0 Å². The highest BCUT2D eigenvalue weighted by Gasteiger charge is 2.25. The molecule has 2 atom stereocenters. The fourth-order valence-electron chi connectivity index (χ4n) is 2.51. The van der Waals surface area contributed by atoms with Crippen LogP contribution in [0.2, 0.25) is 0 Å². The van der Waals surface area contributed by atoms with Crippen molar-refractivity contribution >= 4 is 52.3 Å². The SMILES string of the molecule is CNCC(C)C(=O)NC1CCN(c2ccc(Br)cc2)C1.Cl.Cl. The van der Waals surface area contributed by atoms with Crippen LogP contribution in [-0.4, -0.2) is 38.6 Å². The molecule has 0 bridgehead atoms. The molecule has 1 aliphatic heterocycles. The number of rotatable bonds is 5. The molecular formula is C15H24BrCl2N3O. The molecule has 1 fully saturated rings. The number of benzene rings is 1. The van der Waals surface area contributed by atoms with Gasteiger partial charge in [0, 0.05) is 41.8 Å². The smallest absolute Gasteiger partial charge is 0.224 e. The van der Waals surface area contributed by atoms with Gasteiger partial charge in [0.2, 0.25) is 5.91 Å². The molecule has 2 rings (SSSR count). The molecule has 1 aromatic rings. The van der Waals surface area contributed by atoms with Crippen LogP contribution in [0.25, 0.3) is 0 Å².